The summed E-state index contributed by atoms with van der Waals surface area (Å²) >= 11 is 6.24. The van der Waals surface area contributed by atoms with Gasteiger partial charge < -0.3 is 9.84 Å². The lowest BCUT2D eigenvalue weighted by Gasteiger charge is -2.08. The van der Waals surface area contributed by atoms with Gasteiger partial charge in [-0.1, -0.05) is 59.2 Å². The van der Waals surface area contributed by atoms with Crippen molar-refractivity contribution in [3.63, 3.8) is 0 Å². The Bertz CT molecular complexity index is 1190. The molecule has 4 aromatic rings. The number of aryl methyl sites for hydroxylation is 2. The van der Waals surface area contributed by atoms with Crippen molar-refractivity contribution in [2.24, 2.45) is 0 Å². The number of aromatic nitrogens is 3. The zero-order valence-corrected chi connectivity index (χ0v) is 17.7. The van der Waals surface area contributed by atoms with E-state index in [0.29, 0.717) is 28.6 Å². The summed E-state index contributed by atoms with van der Waals surface area (Å²) in [4.78, 5) is 12.9. The van der Waals surface area contributed by atoms with Gasteiger partial charge in [-0.05, 0) is 44.0 Å². The molecule has 0 saturated heterocycles. The number of hydrogen-bond donors (Lipinski definition) is 1. The highest BCUT2D eigenvalue weighted by molar-refractivity contribution is 6.31. The topological polar surface area (TPSA) is 73.0 Å². The predicted octanol–water partition coefficient (Wildman–Crippen LogP) is 5.42. The summed E-state index contributed by atoms with van der Waals surface area (Å²) in [7, 11) is 0. The summed E-state index contributed by atoms with van der Waals surface area (Å²) in [5, 5.41) is 11.9. The smallest absolute Gasteiger partial charge is 0.278 e. The number of nitrogens with one attached hydrogen (secondary N) is 1. The predicted molar refractivity (Wildman–Crippen MR) is 117 cm³/mol. The Morgan fingerprint density at radius 3 is 2.33 bits per heavy atom. The van der Waals surface area contributed by atoms with E-state index in [1.54, 1.807) is 11.6 Å². The van der Waals surface area contributed by atoms with Crippen molar-refractivity contribution in [1.29, 1.82) is 0 Å². The monoisotopic (exact) mass is 420 g/mol. The molecule has 0 unspecified atom stereocenters. The summed E-state index contributed by atoms with van der Waals surface area (Å²) in [6, 6.07) is 17.7. The Hall–Kier alpha value is -3.38. The first-order chi connectivity index (χ1) is 14.4. The van der Waals surface area contributed by atoms with Gasteiger partial charge in [-0.2, -0.15) is 5.10 Å². The third-order valence-corrected chi connectivity index (χ3v) is 5.60. The number of amides is 1. The lowest BCUT2D eigenvalue weighted by Crippen LogP contribution is -2.16. The normalized spacial score (nSPS) is 10.9. The minimum Gasteiger partial charge on any atom is -0.361 e. The largest absolute Gasteiger partial charge is 0.361 e. The van der Waals surface area contributed by atoms with Crippen LogP contribution in [-0.4, -0.2) is 20.8 Å². The van der Waals surface area contributed by atoms with Crippen molar-refractivity contribution in [1.82, 2.24) is 14.9 Å². The second kappa shape index (κ2) is 8.16. The van der Waals surface area contributed by atoms with Crippen LogP contribution in [0.25, 0.3) is 11.1 Å². The molecule has 1 N–H and O–H groups in total. The van der Waals surface area contributed by atoms with Crippen LogP contribution in [-0.2, 0) is 6.54 Å². The summed E-state index contributed by atoms with van der Waals surface area (Å²) in [5.74, 6) is 0.241. The summed E-state index contributed by atoms with van der Waals surface area (Å²) in [5.41, 5.74) is 5.37. The molecular formula is C23H21ClN4O2. The number of carbonyl (C=O) groups is 1. The van der Waals surface area contributed by atoms with Gasteiger partial charge in [0.25, 0.3) is 5.91 Å². The van der Waals surface area contributed by atoms with Gasteiger partial charge in [-0.3, -0.25) is 9.48 Å². The second-order valence-corrected chi connectivity index (χ2v) is 7.48. The molecular weight excluding hydrogens is 400 g/mol. The molecule has 0 bridgehead atoms. The maximum Gasteiger partial charge on any atom is 0.278 e. The molecule has 2 aromatic carbocycles. The van der Waals surface area contributed by atoms with Crippen LogP contribution in [0.5, 0.6) is 0 Å². The molecule has 0 atom stereocenters. The average molecular weight is 421 g/mol. The molecule has 0 saturated carbocycles. The van der Waals surface area contributed by atoms with Gasteiger partial charge in [0.2, 0.25) is 0 Å². The third-order valence-electron chi connectivity index (χ3n) is 5.05. The molecule has 6 nitrogen and oxygen atoms in total. The van der Waals surface area contributed by atoms with E-state index >= 15 is 0 Å². The van der Waals surface area contributed by atoms with Crippen molar-refractivity contribution in [2.75, 3.05) is 5.32 Å². The van der Waals surface area contributed by atoms with Gasteiger partial charge in [-0.25, -0.2) is 0 Å². The Kier molecular flexibility index (Phi) is 5.42. The maximum absolute atomic E-state index is 12.9. The Morgan fingerprint density at radius 2 is 1.70 bits per heavy atom. The fourth-order valence-electron chi connectivity index (χ4n) is 3.30. The highest BCUT2D eigenvalue weighted by Crippen LogP contribution is 2.24. The fraction of sp³-hybridized carbons (Fsp3) is 0.174. The van der Waals surface area contributed by atoms with Crippen molar-refractivity contribution in [3.8, 4) is 11.1 Å². The van der Waals surface area contributed by atoms with E-state index in [2.05, 4.69) is 15.6 Å². The zero-order chi connectivity index (χ0) is 21.3. The Labute approximate surface area is 179 Å². The Balaban J connectivity index is 1.54. The van der Waals surface area contributed by atoms with Crippen LogP contribution in [0, 0.1) is 20.8 Å². The zero-order valence-electron chi connectivity index (χ0n) is 16.9. The third kappa shape index (κ3) is 3.86. The first-order valence-corrected chi connectivity index (χ1v) is 9.93. The first-order valence-electron chi connectivity index (χ1n) is 9.55. The highest BCUT2D eigenvalue weighted by Gasteiger charge is 2.22. The van der Waals surface area contributed by atoms with Crippen molar-refractivity contribution >= 4 is 23.2 Å². The van der Waals surface area contributed by atoms with Crippen LogP contribution in [0.15, 0.2) is 59.1 Å². The number of nitrogens with zero attached hydrogens (tertiary/aromatic N) is 3. The van der Waals surface area contributed by atoms with E-state index in [0.717, 1.165) is 22.5 Å². The van der Waals surface area contributed by atoms with Gasteiger partial charge in [0, 0.05) is 11.3 Å². The van der Waals surface area contributed by atoms with Crippen LogP contribution in [0.4, 0.5) is 5.69 Å². The van der Waals surface area contributed by atoms with Gasteiger partial charge >= 0.3 is 0 Å². The van der Waals surface area contributed by atoms with Gasteiger partial charge in [0.15, 0.2) is 5.69 Å². The molecule has 1 amide bonds. The quantitative estimate of drug-likeness (QED) is 0.468. The van der Waals surface area contributed by atoms with Crippen LogP contribution >= 0.6 is 11.6 Å². The molecule has 2 heterocycles. The maximum atomic E-state index is 12.9. The van der Waals surface area contributed by atoms with E-state index in [9.17, 15) is 4.79 Å². The lowest BCUT2D eigenvalue weighted by molar-refractivity contribution is 0.101. The molecule has 0 aliphatic heterocycles. The molecule has 0 spiro atoms. The summed E-state index contributed by atoms with van der Waals surface area (Å²) in [6.45, 7) is 5.86. The van der Waals surface area contributed by atoms with E-state index in [4.69, 9.17) is 16.1 Å². The lowest BCUT2D eigenvalue weighted by atomic mass is 10.1. The summed E-state index contributed by atoms with van der Waals surface area (Å²) in [6.07, 6.45) is 0. The molecule has 152 valence electrons. The number of halogens is 1. The molecule has 4 rings (SSSR count). The minimum atomic E-state index is -0.332. The summed E-state index contributed by atoms with van der Waals surface area (Å²) < 4.78 is 7.05. The fourth-order valence-corrected chi connectivity index (χ4v) is 3.44. The first kappa shape index (κ1) is 19.9. The SMILES string of the molecule is Cc1nn(Cc2c(C(=O)Nc3ccc(-c4ccccc4)cc3)noc2C)c(C)c1Cl. The number of carbonyl (C=O) groups excluding carboxylic acids is 1. The minimum absolute atomic E-state index is 0.239. The molecule has 0 fully saturated rings. The molecule has 7 heteroatoms. The van der Waals surface area contributed by atoms with Crippen LogP contribution < -0.4 is 5.32 Å². The van der Waals surface area contributed by atoms with E-state index in [-0.39, 0.29) is 11.6 Å². The van der Waals surface area contributed by atoms with E-state index < -0.39 is 0 Å². The Morgan fingerprint density at radius 1 is 1.03 bits per heavy atom. The molecule has 0 radical (unpaired) electrons. The van der Waals surface area contributed by atoms with E-state index in [1.165, 1.54) is 0 Å². The van der Waals surface area contributed by atoms with E-state index in [1.807, 2.05) is 68.4 Å². The second-order valence-electron chi connectivity index (χ2n) is 7.11. The van der Waals surface area contributed by atoms with Crippen LogP contribution in [0.3, 0.4) is 0 Å². The van der Waals surface area contributed by atoms with Gasteiger partial charge in [-0.15, -0.1) is 0 Å². The standard InChI is InChI=1S/C23H21ClN4O2/c1-14-21(24)15(2)28(26-14)13-20-16(3)30-27-22(20)23(29)25-19-11-9-18(10-12-19)17-7-5-4-6-8-17/h4-12H,13H2,1-3H3,(H,25,29). The van der Waals surface area contributed by atoms with Crippen molar-refractivity contribution < 1.29 is 9.32 Å². The number of hydrogen-bond acceptors (Lipinski definition) is 4. The molecule has 2 aromatic heterocycles. The van der Waals surface area contributed by atoms with Crippen molar-refractivity contribution in [2.45, 2.75) is 27.3 Å². The number of anilines is 1. The molecule has 0 aliphatic rings. The van der Waals surface area contributed by atoms with Gasteiger partial charge in [0.1, 0.15) is 5.76 Å². The van der Waals surface area contributed by atoms with Crippen LogP contribution in [0.1, 0.15) is 33.2 Å². The number of benzene rings is 2. The molecule has 30 heavy (non-hydrogen) atoms. The van der Waals surface area contributed by atoms with Crippen LogP contribution in [0.2, 0.25) is 5.02 Å². The molecule has 0 aliphatic carbocycles. The van der Waals surface area contributed by atoms with Crippen molar-refractivity contribution in [3.05, 3.63) is 88.0 Å². The van der Waals surface area contributed by atoms with Gasteiger partial charge in [0.05, 0.1) is 23.0 Å². The number of rotatable bonds is 5. The average Bonchev–Trinajstić information content (AvgIpc) is 3.24. The highest BCUT2D eigenvalue weighted by atomic mass is 35.5.